The van der Waals surface area contributed by atoms with E-state index in [-0.39, 0.29) is 11.5 Å². The van der Waals surface area contributed by atoms with Crippen molar-refractivity contribution in [3.63, 3.8) is 0 Å². The Kier molecular flexibility index (Phi) is 6.58. The van der Waals surface area contributed by atoms with Gasteiger partial charge in [0.1, 0.15) is 0 Å². The van der Waals surface area contributed by atoms with Gasteiger partial charge in [0.25, 0.3) is 0 Å². The second-order valence-corrected chi connectivity index (χ2v) is 5.89. The van der Waals surface area contributed by atoms with Crippen LogP contribution >= 0.6 is 0 Å². The SMILES string of the molecule is CN=C(NCCn1cccc1)NCC(OC)C(C)(C)C. The van der Waals surface area contributed by atoms with Gasteiger partial charge in [-0.2, -0.15) is 0 Å². The lowest BCUT2D eigenvalue weighted by Gasteiger charge is -2.30. The monoisotopic (exact) mass is 280 g/mol. The van der Waals surface area contributed by atoms with E-state index in [0.29, 0.717) is 0 Å². The normalized spacial score (nSPS) is 14.2. The third-order valence-electron chi connectivity index (χ3n) is 3.26. The number of nitrogens with zero attached hydrogens (tertiary/aromatic N) is 2. The first-order chi connectivity index (χ1) is 9.47. The van der Waals surface area contributed by atoms with Crippen LogP contribution in [0.2, 0.25) is 0 Å². The van der Waals surface area contributed by atoms with Crippen molar-refractivity contribution >= 4 is 5.96 Å². The molecule has 5 heteroatoms. The third kappa shape index (κ3) is 5.65. The molecule has 0 amide bonds. The van der Waals surface area contributed by atoms with Crippen LogP contribution in [-0.2, 0) is 11.3 Å². The van der Waals surface area contributed by atoms with E-state index in [9.17, 15) is 0 Å². The quantitative estimate of drug-likeness (QED) is 0.616. The Morgan fingerprint density at radius 2 is 1.90 bits per heavy atom. The van der Waals surface area contributed by atoms with Gasteiger partial charge in [0.2, 0.25) is 0 Å². The average Bonchev–Trinajstić information content (AvgIpc) is 2.88. The van der Waals surface area contributed by atoms with Crippen molar-refractivity contribution in [1.29, 1.82) is 0 Å². The highest BCUT2D eigenvalue weighted by atomic mass is 16.5. The van der Waals surface area contributed by atoms with Crippen LogP contribution in [0.25, 0.3) is 0 Å². The fourth-order valence-corrected chi connectivity index (χ4v) is 1.98. The van der Waals surface area contributed by atoms with Crippen molar-refractivity contribution < 1.29 is 4.74 Å². The maximum absolute atomic E-state index is 5.52. The lowest BCUT2D eigenvalue weighted by Crippen LogP contribution is -2.45. The average molecular weight is 280 g/mol. The van der Waals surface area contributed by atoms with Gasteiger partial charge in [-0.3, -0.25) is 4.99 Å². The predicted molar refractivity (Wildman–Crippen MR) is 84.0 cm³/mol. The molecule has 0 saturated heterocycles. The number of aromatic nitrogens is 1. The van der Waals surface area contributed by atoms with E-state index < -0.39 is 0 Å². The van der Waals surface area contributed by atoms with E-state index in [1.165, 1.54) is 0 Å². The zero-order chi connectivity index (χ0) is 15.0. The Hall–Kier alpha value is -1.49. The van der Waals surface area contributed by atoms with Crippen LogP contribution in [0.15, 0.2) is 29.5 Å². The summed E-state index contributed by atoms with van der Waals surface area (Å²) in [4.78, 5) is 4.22. The molecule has 20 heavy (non-hydrogen) atoms. The first kappa shape index (κ1) is 16.6. The molecule has 0 aliphatic heterocycles. The molecule has 0 bridgehead atoms. The van der Waals surface area contributed by atoms with Crippen LogP contribution in [0.5, 0.6) is 0 Å². The highest BCUT2D eigenvalue weighted by Gasteiger charge is 2.24. The smallest absolute Gasteiger partial charge is 0.191 e. The van der Waals surface area contributed by atoms with E-state index in [0.717, 1.165) is 25.6 Å². The number of aliphatic imine (C=N–C) groups is 1. The zero-order valence-corrected chi connectivity index (χ0v) is 13.3. The van der Waals surface area contributed by atoms with Crippen molar-refractivity contribution in [2.75, 3.05) is 27.2 Å². The molecule has 1 unspecified atom stereocenters. The first-order valence-electron chi connectivity index (χ1n) is 7.05. The van der Waals surface area contributed by atoms with Crippen LogP contribution in [0.1, 0.15) is 20.8 Å². The number of guanidine groups is 1. The minimum absolute atomic E-state index is 0.103. The van der Waals surface area contributed by atoms with Crippen molar-refractivity contribution in [1.82, 2.24) is 15.2 Å². The summed E-state index contributed by atoms with van der Waals surface area (Å²) < 4.78 is 7.66. The first-order valence-corrected chi connectivity index (χ1v) is 7.05. The van der Waals surface area contributed by atoms with Gasteiger partial charge in [-0.25, -0.2) is 0 Å². The zero-order valence-electron chi connectivity index (χ0n) is 13.3. The van der Waals surface area contributed by atoms with Gasteiger partial charge in [0.15, 0.2) is 5.96 Å². The second kappa shape index (κ2) is 7.94. The molecule has 114 valence electrons. The molecule has 1 aromatic rings. The molecule has 2 N–H and O–H groups in total. The maximum atomic E-state index is 5.52. The Balaban J connectivity index is 2.32. The van der Waals surface area contributed by atoms with E-state index in [4.69, 9.17) is 4.74 Å². The number of hydrogen-bond acceptors (Lipinski definition) is 2. The summed E-state index contributed by atoms with van der Waals surface area (Å²) in [5.74, 6) is 0.809. The van der Waals surface area contributed by atoms with Crippen LogP contribution < -0.4 is 10.6 Å². The molecule has 0 radical (unpaired) electrons. The van der Waals surface area contributed by atoms with Gasteiger partial charge in [-0.15, -0.1) is 0 Å². The van der Waals surface area contributed by atoms with Crippen LogP contribution in [0.3, 0.4) is 0 Å². The molecule has 1 aromatic heterocycles. The van der Waals surface area contributed by atoms with Crippen LogP contribution in [0, 0.1) is 5.41 Å². The van der Waals surface area contributed by atoms with Crippen molar-refractivity contribution in [3.8, 4) is 0 Å². The fourth-order valence-electron chi connectivity index (χ4n) is 1.98. The Morgan fingerprint density at radius 3 is 2.40 bits per heavy atom. The minimum Gasteiger partial charge on any atom is -0.379 e. The Morgan fingerprint density at radius 1 is 1.25 bits per heavy atom. The fraction of sp³-hybridized carbons (Fsp3) is 0.667. The Bertz CT molecular complexity index is 393. The maximum Gasteiger partial charge on any atom is 0.191 e. The number of rotatable bonds is 6. The molecular formula is C15H28N4O. The second-order valence-electron chi connectivity index (χ2n) is 5.89. The number of ether oxygens (including phenoxy) is 1. The van der Waals surface area contributed by atoms with E-state index in [1.54, 1.807) is 14.2 Å². The van der Waals surface area contributed by atoms with E-state index in [1.807, 2.05) is 12.1 Å². The van der Waals surface area contributed by atoms with Crippen molar-refractivity contribution in [2.24, 2.45) is 10.4 Å². The number of methoxy groups -OCH3 is 1. The summed E-state index contributed by atoms with van der Waals surface area (Å²) in [7, 11) is 3.53. The predicted octanol–water partition coefficient (Wildman–Crippen LogP) is 1.71. The van der Waals surface area contributed by atoms with Gasteiger partial charge in [0, 0.05) is 46.2 Å². The molecule has 0 aliphatic rings. The standard InChI is InChI=1S/C15H28N4O/c1-15(2,3)13(20-5)12-18-14(16-4)17-8-11-19-9-6-7-10-19/h6-7,9-10,13H,8,11-12H2,1-5H3,(H2,16,17,18). The van der Waals surface area contributed by atoms with Crippen LogP contribution in [0.4, 0.5) is 0 Å². The van der Waals surface area contributed by atoms with Gasteiger partial charge in [-0.1, -0.05) is 20.8 Å². The molecule has 0 aromatic carbocycles. The summed E-state index contributed by atoms with van der Waals surface area (Å²) in [6.45, 7) is 9.01. The molecular weight excluding hydrogens is 252 g/mol. The molecule has 1 heterocycles. The largest absolute Gasteiger partial charge is 0.379 e. The van der Waals surface area contributed by atoms with Crippen molar-refractivity contribution in [2.45, 2.75) is 33.4 Å². The topological polar surface area (TPSA) is 50.6 Å². The summed E-state index contributed by atoms with van der Waals surface area (Å²) in [5, 5.41) is 6.61. The highest BCUT2D eigenvalue weighted by Crippen LogP contribution is 2.20. The van der Waals surface area contributed by atoms with E-state index >= 15 is 0 Å². The highest BCUT2D eigenvalue weighted by molar-refractivity contribution is 5.79. The lowest BCUT2D eigenvalue weighted by molar-refractivity contribution is 0.0205. The van der Waals surface area contributed by atoms with Gasteiger partial charge < -0.3 is 19.9 Å². The van der Waals surface area contributed by atoms with E-state index in [2.05, 4.69) is 53.4 Å². The number of hydrogen-bond donors (Lipinski definition) is 2. The summed E-state index contributed by atoms with van der Waals surface area (Å²) in [5.41, 5.74) is 0.103. The van der Waals surface area contributed by atoms with Crippen molar-refractivity contribution in [3.05, 3.63) is 24.5 Å². The lowest BCUT2D eigenvalue weighted by atomic mass is 9.89. The molecule has 1 atom stereocenters. The van der Waals surface area contributed by atoms with Crippen LogP contribution in [-0.4, -0.2) is 43.9 Å². The molecule has 1 rings (SSSR count). The molecule has 0 saturated carbocycles. The number of nitrogens with one attached hydrogen (secondary N) is 2. The minimum atomic E-state index is 0.103. The van der Waals surface area contributed by atoms with Gasteiger partial charge in [0.05, 0.1) is 6.10 Å². The molecule has 0 spiro atoms. The Labute approximate surface area is 122 Å². The summed E-state index contributed by atoms with van der Waals surface area (Å²) in [6.07, 6.45) is 4.25. The molecule has 5 nitrogen and oxygen atoms in total. The summed E-state index contributed by atoms with van der Waals surface area (Å²) >= 11 is 0. The summed E-state index contributed by atoms with van der Waals surface area (Å²) in [6, 6.07) is 4.05. The molecule has 0 aliphatic carbocycles. The van der Waals surface area contributed by atoms with Gasteiger partial charge >= 0.3 is 0 Å². The third-order valence-corrected chi connectivity index (χ3v) is 3.26. The van der Waals surface area contributed by atoms with Gasteiger partial charge in [-0.05, 0) is 17.5 Å². The molecule has 0 fully saturated rings.